The van der Waals surface area contributed by atoms with Crippen LogP contribution in [-0.2, 0) is 0 Å². The number of anilines is 2. The van der Waals surface area contributed by atoms with Crippen LogP contribution in [0.5, 0.6) is 0 Å². The number of nitrogens with one attached hydrogen (secondary N) is 1. The molecule has 0 spiro atoms. The van der Waals surface area contributed by atoms with Gasteiger partial charge in [-0.2, -0.15) is 5.26 Å². The SMILES string of the molecule is Cc1cc(Nc2ncc(F)c3nc(-c4c(F)cccc4C#N)sc23)ncn1. The number of benzene rings is 1. The van der Waals surface area contributed by atoms with Gasteiger partial charge in [-0.15, -0.1) is 11.3 Å². The van der Waals surface area contributed by atoms with Gasteiger partial charge in [0.25, 0.3) is 0 Å². The summed E-state index contributed by atoms with van der Waals surface area (Å²) >= 11 is 1.05. The minimum Gasteiger partial charge on any atom is -0.324 e. The maximum Gasteiger partial charge on any atom is 0.168 e. The van der Waals surface area contributed by atoms with Crippen molar-refractivity contribution in [3.63, 3.8) is 0 Å². The normalized spacial score (nSPS) is 10.7. The third-order valence-corrected chi connectivity index (χ3v) is 4.85. The number of halogens is 2. The van der Waals surface area contributed by atoms with Gasteiger partial charge >= 0.3 is 0 Å². The van der Waals surface area contributed by atoms with Crippen molar-refractivity contribution in [2.75, 3.05) is 5.32 Å². The summed E-state index contributed by atoms with van der Waals surface area (Å²) in [4.78, 5) is 16.4. The second kappa shape index (κ2) is 6.66. The van der Waals surface area contributed by atoms with Crippen molar-refractivity contribution in [1.82, 2.24) is 19.9 Å². The lowest BCUT2D eigenvalue weighted by Gasteiger charge is -2.05. The molecule has 3 aromatic heterocycles. The number of nitrogens with zero attached hydrogens (tertiary/aromatic N) is 5. The molecule has 0 amide bonds. The zero-order valence-corrected chi connectivity index (χ0v) is 14.7. The van der Waals surface area contributed by atoms with Gasteiger partial charge in [0, 0.05) is 11.8 Å². The van der Waals surface area contributed by atoms with Crippen LogP contribution in [0.4, 0.5) is 20.4 Å². The average molecular weight is 380 g/mol. The Morgan fingerprint density at radius 3 is 2.78 bits per heavy atom. The van der Waals surface area contributed by atoms with E-state index in [4.69, 9.17) is 0 Å². The Morgan fingerprint density at radius 1 is 1.15 bits per heavy atom. The van der Waals surface area contributed by atoms with Crippen molar-refractivity contribution in [1.29, 1.82) is 5.26 Å². The standard InChI is InChI=1S/C18H10F2N6S/c1-9-5-13(24-8-23-9)25-17-16-15(12(20)7-22-17)26-18(27-16)14-10(6-21)3-2-4-11(14)19/h2-5,7-8H,1H3,(H,22,23,24,25). The molecule has 4 rings (SSSR count). The number of hydrogen-bond donors (Lipinski definition) is 1. The first-order valence-corrected chi connectivity index (χ1v) is 8.58. The monoisotopic (exact) mass is 380 g/mol. The Balaban J connectivity index is 1.88. The third kappa shape index (κ3) is 3.07. The lowest BCUT2D eigenvalue weighted by Crippen LogP contribution is -1.98. The van der Waals surface area contributed by atoms with Gasteiger partial charge in [0.05, 0.1) is 23.4 Å². The molecule has 3 heterocycles. The molecule has 0 unspecified atom stereocenters. The molecule has 0 saturated carbocycles. The highest BCUT2D eigenvalue weighted by Crippen LogP contribution is 2.37. The Hall–Kier alpha value is -3.51. The summed E-state index contributed by atoms with van der Waals surface area (Å²) in [5, 5.41) is 12.5. The van der Waals surface area contributed by atoms with Crippen LogP contribution in [0.1, 0.15) is 11.3 Å². The van der Waals surface area contributed by atoms with E-state index in [1.807, 2.05) is 13.0 Å². The molecule has 132 valence electrons. The van der Waals surface area contributed by atoms with E-state index < -0.39 is 11.6 Å². The Morgan fingerprint density at radius 2 is 2.00 bits per heavy atom. The van der Waals surface area contributed by atoms with Crippen LogP contribution in [0.2, 0.25) is 0 Å². The zero-order valence-electron chi connectivity index (χ0n) is 13.9. The molecule has 0 aliphatic carbocycles. The van der Waals surface area contributed by atoms with Gasteiger partial charge in [-0.3, -0.25) is 0 Å². The third-order valence-electron chi connectivity index (χ3n) is 3.77. The molecule has 0 aliphatic rings. The summed E-state index contributed by atoms with van der Waals surface area (Å²) in [6.45, 7) is 1.81. The fourth-order valence-electron chi connectivity index (χ4n) is 2.56. The second-order valence-electron chi connectivity index (χ2n) is 5.60. The van der Waals surface area contributed by atoms with E-state index in [0.29, 0.717) is 16.3 Å². The second-order valence-corrected chi connectivity index (χ2v) is 6.59. The zero-order chi connectivity index (χ0) is 19.0. The number of rotatable bonds is 3. The van der Waals surface area contributed by atoms with Crippen LogP contribution in [-0.4, -0.2) is 19.9 Å². The number of aryl methyl sites for hydroxylation is 1. The van der Waals surface area contributed by atoms with E-state index in [1.54, 1.807) is 6.07 Å². The van der Waals surface area contributed by atoms with Gasteiger partial charge in [-0.05, 0) is 19.1 Å². The van der Waals surface area contributed by atoms with Crippen molar-refractivity contribution in [2.24, 2.45) is 0 Å². The van der Waals surface area contributed by atoms with Crippen LogP contribution in [0.25, 0.3) is 20.8 Å². The van der Waals surface area contributed by atoms with Crippen molar-refractivity contribution >= 4 is 33.2 Å². The van der Waals surface area contributed by atoms with E-state index in [2.05, 4.69) is 25.3 Å². The first-order chi connectivity index (χ1) is 13.1. The Bertz CT molecular complexity index is 1210. The minimum absolute atomic E-state index is 0.0458. The molecule has 1 N–H and O–H groups in total. The van der Waals surface area contributed by atoms with Gasteiger partial charge in [0.15, 0.2) is 11.6 Å². The number of pyridine rings is 1. The topological polar surface area (TPSA) is 87.4 Å². The summed E-state index contributed by atoms with van der Waals surface area (Å²) in [5.74, 6) is -0.404. The largest absolute Gasteiger partial charge is 0.324 e. The predicted octanol–water partition coefficient (Wildman–Crippen LogP) is 4.35. The highest BCUT2D eigenvalue weighted by molar-refractivity contribution is 7.22. The molecular formula is C18H10F2N6S. The van der Waals surface area contributed by atoms with E-state index in [9.17, 15) is 14.0 Å². The van der Waals surface area contributed by atoms with Crippen LogP contribution in [0.15, 0.2) is 36.8 Å². The van der Waals surface area contributed by atoms with Gasteiger partial charge in [0.1, 0.15) is 33.2 Å². The molecule has 4 aromatic rings. The molecule has 9 heteroatoms. The maximum absolute atomic E-state index is 14.3. The van der Waals surface area contributed by atoms with Gasteiger partial charge in [-0.25, -0.2) is 28.7 Å². The highest BCUT2D eigenvalue weighted by Gasteiger charge is 2.19. The molecule has 27 heavy (non-hydrogen) atoms. The summed E-state index contributed by atoms with van der Waals surface area (Å²) in [5.41, 5.74) is 0.971. The molecular weight excluding hydrogens is 370 g/mol. The van der Waals surface area contributed by atoms with Crippen LogP contribution < -0.4 is 5.32 Å². The lowest BCUT2D eigenvalue weighted by atomic mass is 10.1. The molecule has 1 aromatic carbocycles. The van der Waals surface area contributed by atoms with E-state index in [1.165, 1.54) is 24.5 Å². The fraction of sp³-hybridized carbons (Fsp3) is 0.0556. The van der Waals surface area contributed by atoms with Crippen LogP contribution in [0.3, 0.4) is 0 Å². The summed E-state index contributed by atoms with van der Waals surface area (Å²) in [6.07, 6.45) is 2.43. The summed E-state index contributed by atoms with van der Waals surface area (Å²) < 4.78 is 29.0. The number of fused-ring (bicyclic) bond motifs is 1. The molecule has 0 atom stereocenters. The van der Waals surface area contributed by atoms with Gasteiger partial charge in [0.2, 0.25) is 0 Å². The molecule has 0 bridgehead atoms. The van der Waals surface area contributed by atoms with Crippen LogP contribution in [0, 0.1) is 29.9 Å². The molecule has 0 aliphatic heterocycles. The summed E-state index contributed by atoms with van der Waals surface area (Å²) in [7, 11) is 0. The van der Waals surface area contributed by atoms with Crippen molar-refractivity contribution in [3.05, 3.63) is 59.7 Å². The number of hydrogen-bond acceptors (Lipinski definition) is 7. The molecule has 6 nitrogen and oxygen atoms in total. The average Bonchev–Trinajstić information content (AvgIpc) is 3.10. The highest BCUT2D eigenvalue weighted by atomic mass is 32.1. The fourth-order valence-corrected chi connectivity index (χ4v) is 3.64. The first-order valence-electron chi connectivity index (χ1n) is 7.76. The quantitative estimate of drug-likeness (QED) is 0.569. The van der Waals surface area contributed by atoms with Gasteiger partial charge in [-0.1, -0.05) is 6.07 Å². The predicted molar refractivity (Wildman–Crippen MR) is 97.5 cm³/mol. The Kier molecular flexibility index (Phi) is 4.18. The number of thiazole rings is 1. The number of nitriles is 1. The van der Waals surface area contributed by atoms with E-state index in [0.717, 1.165) is 23.2 Å². The summed E-state index contributed by atoms with van der Waals surface area (Å²) in [6, 6.07) is 7.82. The van der Waals surface area contributed by atoms with Gasteiger partial charge < -0.3 is 5.32 Å². The van der Waals surface area contributed by atoms with Crippen LogP contribution >= 0.6 is 11.3 Å². The number of aromatic nitrogens is 4. The van der Waals surface area contributed by atoms with E-state index >= 15 is 0 Å². The van der Waals surface area contributed by atoms with Crippen molar-refractivity contribution in [3.8, 4) is 16.6 Å². The van der Waals surface area contributed by atoms with Crippen molar-refractivity contribution in [2.45, 2.75) is 6.92 Å². The molecule has 0 saturated heterocycles. The first kappa shape index (κ1) is 16.9. The van der Waals surface area contributed by atoms with E-state index in [-0.39, 0.29) is 21.7 Å². The lowest BCUT2D eigenvalue weighted by molar-refractivity contribution is 0.629. The smallest absolute Gasteiger partial charge is 0.168 e. The van der Waals surface area contributed by atoms with Crippen molar-refractivity contribution < 1.29 is 8.78 Å². The molecule has 0 fully saturated rings. The minimum atomic E-state index is -0.633. The Labute approximate surface area is 156 Å². The maximum atomic E-state index is 14.3. The molecule has 0 radical (unpaired) electrons.